The van der Waals surface area contributed by atoms with Crippen LogP contribution in [0.1, 0.15) is 66.2 Å². The molecule has 0 saturated heterocycles. The zero-order valence-electron chi connectivity index (χ0n) is 17.0. The van der Waals surface area contributed by atoms with Gasteiger partial charge in [0.1, 0.15) is 0 Å². The van der Waals surface area contributed by atoms with Crippen molar-refractivity contribution >= 4 is 11.9 Å². The zero-order valence-corrected chi connectivity index (χ0v) is 17.0. The van der Waals surface area contributed by atoms with Gasteiger partial charge < -0.3 is 10.0 Å². The summed E-state index contributed by atoms with van der Waals surface area (Å²) in [7, 11) is 1.94. The number of carboxylic acid groups (broad SMARTS) is 1. The molecule has 3 saturated carbocycles. The number of carboxylic acids is 1. The number of hydrogen-bond acceptors (Lipinski definition) is 2. The average Bonchev–Trinajstić information content (AvgIpc) is 2.98. The number of fused-ring (bicyclic) bond motifs is 5. The summed E-state index contributed by atoms with van der Waals surface area (Å²) in [6.45, 7) is 8.57. The van der Waals surface area contributed by atoms with Crippen molar-refractivity contribution in [2.75, 3.05) is 7.05 Å². The molecular weight excluding hydrogens is 326 g/mol. The van der Waals surface area contributed by atoms with Gasteiger partial charge in [-0.2, -0.15) is 0 Å². The van der Waals surface area contributed by atoms with Crippen LogP contribution in [-0.2, 0) is 9.59 Å². The molecule has 4 heteroatoms. The maximum Gasteiger partial charge on any atom is 0.307 e. The summed E-state index contributed by atoms with van der Waals surface area (Å²) in [5.74, 6) is 1.09. The second kappa shape index (κ2) is 6.69. The Kier molecular flexibility index (Phi) is 5.00. The van der Waals surface area contributed by atoms with Crippen LogP contribution in [-0.4, -0.2) is 35.0 Å². The molecule has 0 aromatic rings. The van der Waals surface area contributed by atoms with Gasteiger partial charge in [-0.25, -0.2) is 0 Å². The molecule has 1 heterocycles. The van der Waals surface area contributed by atoms with Gasteiger partial charge in [0, 0.05) is 18.5 Å². The molecule has 4 rings (SSSR count). The van der Waals surface area contributed by atoms with E-state index in [1.54, 1.807) is 6.08 Å². The number of hydrogen-bond donors (Lipinski definition) is 1. The van der Waals surface area contributed by atoms with E-state index in [-0.39, 0.29) is 22.7 Å². The highest BCUT2D eigenvalue weighted by atomic mass is 16.4. The van der Waals surface area contributed by atoms with Crippen molar-refractivity contribution in [2.24, 2.45) is 34.5 Å². The molecule has 1 aliphatic heterocycles. The van der Waals surface area contributed by atoms with Crippen molar-refractivity contribution in [3.8, 4) is 0 Å². The third-order valence-electron chi connectivity index (χ3n) is 8.43. The van der Waals surface area contributed by atoms with E-state index in [0.29, 0.717) is 23.8 Å². The molecule has 0 spiro atoms. The Labute approximate surface area is 158 Å². The summed E-state index contributed by atoms with van der Waals surface area (Å²) in [5, 5.41) is 9.66. The molecule has 3 fully saturated rings. The van der Waals surface area contributed by atoms with Gasteiger partial charge in [0.05, 0.1) is 5.92 Å². The van der Waals surface area contributed by atoms with Crippen molar-refractivity contribution < 1.29 is 14.7 Å². The number of aliphatic carboxylic acids is 1. The van der Waals surface area contributed by atoms with Crippen molar-refractivity contribution in [2.45, 2.75) is 72.3 Å². The Hall–Kier alpha value is -1.32. The standard InChI is InChI=1S/C20H29NO3.C2H6/c1-19-10-8-14-12(13(19)5-6-15(19)18(23)24)4-7-16-20(14,2)11-9-17(22)21(16)3;1-2/h9,11-16H,4-8,10H2,1-3H3,(H,23,24);1-2H3. The van der Waals surface area contributed by atoms with Crippen LogP contribution in [0.3, 0.4) is 0 Å². The van der Waals surface area contributed by atoms with Crippen LogP contribution < -0.4 is 0 Å². The first-order chi connectivity index (χ1) is 12.3. The predicted octanol–water partition coefficient (Wildman–Crippen LogP) is 4.35. The maximum absolute atomic E-state index is 12.1. The third-order valence-corrected chi connectivity index (χ3v) is 8.43. The summed E-state index contributed by atoms with van der Waals surface area (Å²) < 4.78 is 0. The van der Waals surface area contributed by atoms with Gasteiger partial charge in [0.25, 0.3) is 0 Å². The summed E-state index contributed by atoms with van der Waals surface area (Å²) in [6.07, 6.45) is 10.2. The van der Waals surface area contributed by atoms with E-state index in [1.807, 2.05) is 25.8 Å². The lowest BCUT2D eigenvalue weighted by atomic mass is 9.47. The largest absolute Gasteiger partial charge is 0.481 e. The Morgan fingerprint density at radius 3 is 2.46 bits per heavy atom. The SMILES string of the molecule is CC.CN1C(=O)C=CC2(C)C3CCC4(C)C(C(=O)O)CCC4C3CCC12. The Balaban J connectivity index is 0.000000948. The molecular formula is C22H35NO3. The molecule has 26 heavy (non-hydrogen) atoms. The first-order valence-corrected chi connectivity index (χ1v) is 10.5. The highest BCUT2D eigenvalue weighted by molar-refractivity contribution is 5.89. The van der Waals surface area contributed by atoms with Crippen LogP contribution in [0.15, 0.2) is 12.2 Å². The van der Waals surface area contributed by atoms with Crippen LogP contribution in [0.2, 0.25) is 0 Å². The lowest BCUT2D eigenvalue weighted by Crippen LogP contribution is -2.59. The van der Waals surface area contributed by atoms with Gasteiger partial charge in [-0.3, -0.25) is 9.59 Å². The van der Waals surface area contributed by atoms with E-state index in [9.17, 15) is 14.7 Å². The average molecular weight is 362 g/mol. The van der Waals surface area contributed by atoms with Gasteiger partial charge in [0.2, 0.25) is 5.91 Å². The number of rotatable bonds is 1. The molecule has 0 bridgehead atoms. The minimum atomic E-state index is -0.596. The first-order valence-electron chi connectivity index (χ1n) is 10.5. The molecule has 4 nitrogen and oxygen atoms in total. The van der Waals surface area contributed by atoms with Crippen LogP contribution >= 0.6 is 0 Å². The van der Waals surface area contributed by atoms with Crippen molar-refractivity contribution in [1.82, 2.24) is 4.90 Å². The maximum atomic E-state index is 12.1. The third kappa shape index (κ3) is 2.55. The van der Waals surface area contributed by atoms with E-state index >= 15 is 0 Å². The Bertz CT molecular complexity index is 615. The minimum absolute atomic E-state index is 0.0314. The van der Waals surface area contributed by atoms with Gasteiger partial charge in [0.15, 0.2) is 0 Å². The fourth-order valence-electron chi connectivity index (χ4n) is 7.14. The summed E-state index contributed by atoms with van der Waals surface area (Å²) in [5.41, 5.74) is 0.0184. The van der Waals surface area contributed by atoms with Gasteiger partial charge in [-0.05, 0) is 67.8 Å². The van der Waals surface area contributed by atoms with Gasteiger partial charge in [-0.1, -0.05) is 33.8 Å². The lowest BCUT2D eigenvalue weighted by molar-refractivity contribution is -0.152. The highest BCUT2D eigenvalue weighted by Crippen LogP contribution is 2.65. The van der Waals surface area contributed by atoms with Crippen molar-refractivity contribution in [1.29, 1.82) is 0 Å². The highest BCUT2D eigenvalue weighted by Gasteiger charge is 2.61. The number of likely N-dealkylation sites (N-methyl/N-ethyl adjacent to an activating group) is 1. The summed E-state index contributed by atoms with van der Waals surface area (Å²) in [6, 6.07) is 0.303. The molecule has 3 aliphatic carbocycles. The minimum Gasteiger partial charge on any atom is -0.481 e. The fraction of sp³-hybridized carbons (Fsp3) is 0.818. The smallest absolute Gasteiger partial charge is 0.307 e. The molecule has 7 atom stereocenters. The first kappa shape index (κ1) is 19.4. The summed E-state index contributed by atoms with van der Waals surface area (Å²) in [4.78, 5) is 25.8. The van der Waals surface area contributed by atoms with Gasteiger partial charge >= 0.3 is 5.97 Å². The quantitative estimate of drug-likeness (QED) is 0.755. The van der Waals surface area contributed by atoms with Crippen LogP contribution in [0.5, 0.6) is 0 Å². The van der Waals surface area contributed by atoms with E-state index in [0.717, 1.165) is 38.5 Å². The molecule has 146 valence electrons. The normalized spacial score (nSPS) is 46.6. The van der Waals surface area contributed by atoms with Gasteiger partial charge in [-0.15, -0.1) is 0 Å². The van der Waals surface area contributed by atoms with E-state index in [1.165, 1.54) is 0 Å². The summed E-state index contributed by atoms with van der Waals surface area (Å²) >= 11 is 0. The molecule has 1 N–H and O–H groups in total. The molecule has 0 aromatic heterocycles. The van der Waals surface area contributed by atoms with E-state index in [4.69, 9.17) is 0 Å². The molecule has 4 aliphatic rings. The van der Waals surface area contributed by atoms with Crippen LogP contribution in [0, 0.1) is 34.5 Å². The molecule has 0 radical (unpaired) electrons. The topological polar surface area (TPSA) is 57.6 Å². The number of carbonyl (C=O) groups excluding carboxylic acids is 1. The second-order valence-electron chi connectivity index (χ2n) is 9.13. The zero-order chi connectivity index (χ0) is 19.3. The van der Waals surface area contributed by atoms with Crippen LogP contribution in [0.25, 0.3) is 0 Å². The second-order valence-corrected chi connectivity index (χ2v) is 9.13. The lowest BCUT2D eigenvalue weighted by Gasteiger charge is -2.60. The molecule has 7 unspecified atom stereocenters. The fourth-order valence-corrected chi connectivity index (χ4v) is 7.14. The number of carbonyl (C=O) groups is 2. The van der Waals surface area contributed by atoms with Crippen molar-refractivity contribution in [3.05, 3.63) is 12.2 Å². The Morgan fingerprint density at radius 2 is 1.81 bits per heavy atom. The number of amides is 1. The molecule has 1 amide bonds. The predicted molar refractivity (Wildman–Crippen MR) is 103 cm³/mol. The number of nitrogens with zero attached hydrogens (tertiary/aromatic N) is 1. The van der Waals surface area contributed by atoms with Crippen molar-refractivity contribution in [3.63, 3.8) is 0 Å². The van der Waals surface area contributed by atoms with E-state index < -0.39 is 5.97 Å². The molecule has 0 aromatic carbocycles. The van der Waals surface area contributed by atoms with Crippen LogP contribution in [0.4, 0.5) is 0 Å². The van der Waals surface area contributed by atoms with E-state index in [2.05, 4.69) is 19.9 Å². The monoisotopic (exact) mass is 361 g/mol. The Morgan fingerprint density at radius 1 is 1.12 bits per heavy atom.